The molecule has 0 unspecified atom stereocenters. The van der Waals surface area contributed by atoms with Crippen LogP contribution in [0.3, 0.4) is 0 Å². The number of nitrogens with one attached hydrogen (secondary N) is 3. The second kappa shape index (κ2) is 15.1. The van der Waals surface area contributed by atoms with Crippen LogP contribution in [-0.2, 0) is 34.0 Å². The molecule has 0 bridgehead atoms. The molecule has 2 aromatic rings. The van der Waals surface area contributed by atoms with Gasteiger partial charge < -0.3 is 20.4 Å². The first kappa shape index (κ1) is 41.4. The Kier molecular flexibility index (Phi) is 10.8. The average molecular weight is 826 g/mol. The van der Waals surface area contributed by atoms with Crippen LogP contribution in [0.25, 0.3) is 11.1 Å². The number of sulfonamides is 1. The van der Waals surface area contributed by atoms with E-state index in [1.807, 2.05) is 48.5 Å². The fourth-order valence-corrected chi connectivity index (χ4v) is 10.3. The van der Waals surface area contributed by atoms with Gasteiger partial charge in [0.05, 0.1) is 23.0 Å². The number of piperidine rings is 1. The molecule has 2 saturated carbocycles. The van der Waals surface area contributed by atoms with Gasteiger partial charge in [0.2, 0.25) is 33.7 Å². The molecule has 5 atom stereocenters. The predicted octanol–water partition coefficient (Wildman–Crippen LogP) is 4.41. The molecule has 2 aliphatic heterocycles. The Balaban J connectivity index is 1.14. The quantitative estimate of drug-likeness (QED) is 0.283. The molecular formula is C42H50F3N5O7S. The third-order valence-corrected chi connectivity index (χ3v) is 14.4. The van der Waals surface area contributed by atoms with Gasteiger partial charge in [-0.25, -0.2) is 8.42 Å². The van der Waals surface area contributed by atoms with Crippen LogP contribution in [0.1, 0.15) is 82.8 Å². The molecule has 0 radical (unpaired) electrons. The lowest BCUT2D eigenvalue weighted by molar-refractivity contribution is -0.186. The van der Waals surface area contributed by atoms with Crippen molar-refractivity contribution in [1.29, 1.82) is 0 Å². The van der Waals surface area contributed by atoms with Crippen LogP contribution in [0.5, 0.6) is 0 Å². The zero-order valence-corrected chi connectivity index (χ0v) is 33.6. The van der Waals surface area contributed by atoms with Crippen molar-refractivity contribution in [3.63, 3.8) is 0 Å². The van der Waals surface area contributed by atoms with E-state index in [-0.39, 0.29) is 57.6 Å². The van der Waals surface area contributed by atoms with Crippen LogP contribution in [0.4, 0.5) is 13.2 Å². The van der Waals surface area contributed by atoms with Gasteiger partial charge in [-0.15, -0.1) is 6.58 Å². The van der Waals surface area contributed by atoms with Gasteiger partial charge in [-0.05, 0) is 66.2 Å². The monoisotopic (exact) mass is 825 g/mol. The summed E-state index contributed by atoms with van der Waals surface area (Å²) >= 11 is 0. The molecule has 0 aromatic heterocycles. The largest absolute Gasteiger partial charge is 0.391 e. The smallest absolute Gasteiger partial charge is 0.351 e. The summed E-state index contributed by atoms with van der Waals surface area (Å²) < 4.78 is 67.8. The minimum absolute atomic E-state index is 0.0497. The van der Waals surface area contributed by atoms with Gasteiger partial charge in [0, 0.05) is 38.0 Å². The predicted molar refractivity (Wildman–Crippen MR) is 208 cm³/mol. The Morgan fingerprint density at radius 1 is 0.914 bits per heavy atom. The second-order valence-electron chi connectivity index (χ2n) is 17.6. The fraction of sp³-hybridized carbons (Fsp3) is 0.548. The van der Waals surface area contributed by atoms with E-state index in [1.54, 1.807) is 20.8 Å². The third-order valence-electron chi connectivity index (χ3n) is 12.6. The number of benzene rings is 2. The zero-order valence-electron chi connectivity index (χ0n) is 32.8. The molecule has 2 aromatic carbocycles. The van der Waals surface area contributed by atoms with Crippen LogP contribution in [-0.4, -0.2) is 96.4 Å². The van der Waals surface area contributed by atoms with Crippen molar-refractivity contribution < 1.29 is 45.6 Å². The van der Waals surface area contributed by atoms with Crippen molar-refractivity contribution in [3.8, 4) is 11.1 Å². The minimum atomic E-state index is -4.36. The number of hydrogen-bond acceptors (Lipinski definition) is 7. The number of fused-ring (bicyclic) bond motifs is 3. The Morgan fingerprint density at radius 2 is 1.50 bits per heavy atom. The van der Waals surface area contributed by atoms with E-state index in [4.69, 9.17) is 0 Å². The van der Waals surface area contributed by atoms with E-state index < -0.39 is 91.8 Å². The Labute approximate surface area is 336 Å². The third kappa shape index (κ3) is 8.00. The molecular weight excluding hydrogens is 776 g/mol. The Bertz CT molecular complexity index is 2080. The standard InChI is InChI=1S/C42H50F3N5O7S/c1-5-24-22-41(24,39(55)48-58(56,57)27-14-15-27)47-36(52)33-20-26(46-37(53)35-30-12-8-6-10-28(30)29-11-7-9-13-31(29)35)23-50(33)38(54)32(40(2,3)4)21-34(51)49-18-16-25(17-19-49)42(43,44)45/h5-13,24-27,32-33,35H,1,14-23H2,2-4H3,(H,46,53)(H,47,52)(H,48,55)/t24-,26-,32-,33+,41-/m1/s1. The molecule has 16 heteroatoms. The minimum Gasteiger partial charge on any atom is -0.351 e. The summed E-state index contributed by atoms with van der Waals surface area (Å²) in [6, 6.07) is 13.2. The molecule has 5 amide bonds. The van der Waals surface area contributed by atoms with Gasteiger partial charge in [0.1, 0.15) is 11.6 Å². The maximum atomic E-state index is 14.8. The first-order valence-corrected chi connectivity index (χ1v) is 21.4. The summed E-state index contributed by atoms with van der Waals surface area (Å²) in [5, 5.41) is 5.14. The molecule has 3 aliphatic carbocycles. The molecule has 4 fully saturated rings. The van der Waals surface area contributed by atoms with Crippen LogP contribution < -0.4 is 15.4 Å². The average Bonchev–Trinajstić information content (AvgIpc) is 4.08. The number of carbonyl (C=O) groups is 5. The van der Waals surface area contributed by atoms with Gasteiger partial charge in [-0.2, -0.15) is 13.2 Å². The number of halogens is 3. The van der Waals surface area contributed by atoms with E-state index in [2.05, 4.69) is 21.9 Å². The van der Waals surface area contributed by atoms with Crippen molar-refractivity contribution >= 4 is 39.6 Å². The van der Waals surface area contributed by atoms with E-state index in [0.717, 1.165) is 22.3 Å². The van der Waals surface area contributed by atoms with Crippen molar-refractivity contribution in [2.75, 3.05) is 19.6 Å². The van der Waals surface area contributed by atoms with Crippen LogP contribution in [0.15, 0.2) is 61.2 Å². The van der Waals surface area contributed by atoms with Gasteiger partial charge >= 0.3 is 6.18 Å². The number of nitrogens with zero attached hydrogens (tertiary/aromatic N) is 2. The summed E-state index contributed by atoms with van der Waals surface area (Å²) in [5.74, 6) is -6.78. The number of hydrogen-bond donors (Lipinski definition) is 3. The lowest BCUT2D eigenvalue weighted by Gasteiger charge is -2.37. The summed E-state index contributed by atoms with van der Waals surface area (Å²) in [4.78, 5) is 73.3. The highest BCUT2D eigenvalue weighted by atomic mass is 32.2. The van der Waals surface area contributed by atoms with Crippen LogP contribution >= 0.6 is 0 Å². The first-order chi connectivity index (χ1) is 27.2. The summed E-state index contributed by atoms with van der Waals surface area (Å²) in [7, 11) is -3.96. The maximum Gasteiger partial charge on any atom is 0.391 e. The lowest BCUT2D eigenvalue weighted by Crippen LogP contribution is -2.57. The molecule has 0 spiro atoms. The maximum absolute atomic E-state index is 14.8. The molecule has 312 valence electrons. The van der Waals surface area contributed by atoms with Crippen molar-refractivity contribution in [2.45, 2.75) is 101 Å². The lowest BCUT2D eigenvalue weighted by atomic mass is 9.77. The molecule has 2 saturated heterocycles. The van der Waals surface area contributed by atoms with Crippen LogP contribution in [0.2, 0.25) is 0 Å². The molecule has 7 rings (SSSR count). The summed E-state index contributed by atoms with van der Waals surface area (Å²) in [6.45, 7) is 8.72. The molecule has 2 heterocycles. The van der Waals surface area contributed by atoms with E-state index in [1.165, 1.54) is 15.9 Å². The van der Waals surface area contributed by atoms with E-state index in [0.29, 0.717) is 12.8 Å². The first-order valence-electron chi connectivity index (χ1n) is 19.9. The number of alkyl halides is 3. The highest BCUT2D eigenvalue weighted by Crippen LogP contribution is 2.47. The molecule has 58 heavy (non-hydrogen) atoms. The highest BCUT2D eigenvalue weighted by Gasteiger charge is 2.62. The number of likely N-dealkylation sites (tertiary alicyclic amines) is 2. The number of rotatable bonds is 11. The highest BCUT2D eigenvalue weighted by molar-refractivity contribution is 7.91. The fourth-order valence-electron chi connectivity index (χ4n) is 8.90. The van der Waals surface area contributed by atoms with Crippen LogP contribution in [0, 0.1) is 23.2 Å². The topological polar surface area (TPSA) is 162 Å². The molecule has 3 N–H and O–H groups in total. The Hall–Kier alpha value is -4.73. The van der Waals surface area contributed by atoms with Gasteiger partial charge in [-0.3, -0.25) is 28.7 Å². The number of carbonyl (C=O) groups excluding carboxylic acids is 5. The van der Waals surface area contributed by atoms with Gasteiger partial charge in [0.25, 0.3) is 5.91 Å². The van der Waals surface area contributed by atoms with Crippen molar-refractivity contribution in [2.24, 2.45) is 23.2 Å². The Morgan fingerprint density at radius 3 is 2.02 bits per heavy atom. The van der Waals surface area contributed by atoms with Crippen molar-refractivity contribution in [1.82, 2.24) is 25.2 Å². The molecule has 12 nitrogen and oxygen atoms in total. The summed E-state index contributed by atoms with van der Waals surface area (Å²) in [5.41, 5.74) is 0.991. The van der Waals surface area contributed by atoms with Crippen molar-refractivity contribution in [3.05, 3.63) is 72.3 Å². The van der Waals surface area contributed by atoms with Gasteiger partial charge in [0.15, 0.2) is 0 Å². The normalized spacial score (nSPS) is 25.3. The molecule has 5 aliphatic rings. The van der Waals surface area contributed by atoms with E-state index >= 15 is 0 Å². The number of amides is 5. The van der Waals surface area contributed by atoms with E-state index in [9.17, 15) is 45.6 Å². The zero-order chi connectivity index (χ0) is 41.9. The second-order valence-corrected chi connectivity index (χ2v) is 19.5. The SMILES string of the molecule is C=C[C@@H]1C[C@]1(NC(=O)[C@@H]1C[C@@H](NC(=O)C2c3ccccc3-c3ccccc32)CN1C(=O)[C@@H](CC(=O)N1CCC(C(F)(F)F)CC1)C(C)(C)C)C(=O)NS(=O)(=O)C1CC1. The van der Waals surface area contributed by atoms with Gasteiger partial charge in [-0.1, -0.05) is 75.4 Å². The summed E-state index contributed by atoms with van der Waals surface area (Å²) in [6.07, 6.45) is -2.83.